The highest BCUT2D eigenvalue weighted by atomic mass is 19.4. The number of aromatic nitrogens is 3. The Morgan fingerprint density at radius 2 is 1.97 bits per heavy atom. The Balaban J connectivity index is 1.71. The number of hydrogen-bond donors (Lipinski definition) is 2. The molecule has 3 N–H and O–H groups in total. The average molecular weight is 467 g/mol. The minimum Gasteiger partial charge on any atom is -0.403 e. The Labute approximate surface area is 180 Å². The maximum atomic E-state index is 14.5. The van der Waals surface area contributed by atoms with E-state index in [2.05, 4.69) is 25.0 Å². The standard InChI is InChI=1S/C20H11F5N4O4/c21-11-2-1-5-26-16(11)15(9-3-4-13(12(22)6-9)33-20(23,24)25)28-18(30)10-7-14-17(27-8-10)29-19(31)32-14/h1-8,15H,(H,28,30)(H,27,29,31)/p+1/t15-/m0/s1. The Bertz CT molecular complexity index is 1400. The summed E-state index contributed by atoms with van der Waals surface area (Å²) in [5, 5.41) is 2.45. The fourth-order valence-electron chi connectivity index (χ4n) is 3.05. The second-order valence-electron chi connectivity index (χ2n) is 6.66. The largest absolute Gasteiger partial charge is 0.573 e. The topological polar surface area (TPSA) is 111 Å². The van der Waals surface area contributed by atoms with Gasteiger partial charge in [-0.05, 0) is 29.8 Å². The van der Waals surface area contributed by atoms with Crippen LogP contribution in [0.1, 0.15) is 27.7 Å². The van der Waals surface area contributed by atoms with Crippen molar-refractivity contribution in [3.63, 3.8) is 0 Å². The van der Waals surface area contributed by atoms with E-state index in [9.17, 15) is 31.5 Å². The van der Waals surface area contributed by atoms with Gasteiger partial charge in [-0.15, -0.1) is 13.2 Å². The van der Waals surface area contributed by atoms with Crippen molar-refractivity contribution in [3.8, 4) is 5.75 Å². The van der Waals surface area contributed by atoms with E-state index >= 15 is 0 Å². The average Bonchev–Trinajstić information content (AvgIpc) is 3.12. The van der Waals surface area contributed by atoms with Crippen LogP contribution < -0.4 is 20.8 Å². The predicted molar refractivity (Wildman–Crippen MR) is 100.0 cm³/mol. The number of oxazole rings is 1. The zero-order chi connectivity index (χ0) is 23.8. The van der Waals surface area contributed by atoms with E-state index in [1.54, 1.807) is 0 Å². The monoisotopic (exact) mass is 467 g/mol. The highest BCUT2D eigenvalue weighted by Crippen LogP contribution is 2.30. The number of rotatable bonds is 5. The molecule has 33 heavy (non-hydrogen) atoms. The lowest BCUT2D eigenvalue weighted by atomic mass is 10.0. The van der Waals surface area contributed by atoms with Gasteiger partial charge in [0.05, 0.1) is 11.6 Å². The van der Waals surface area contributed by atoms with Crippen molar-refractivity contribution in [1.29, 1.82) is 0 Å². The van der Waals surface area contributed by atoms with Crippen molar-refractivity contribution in [2.24, 2.45) is 0 Å². The molecule has 1 aromatic carbocycles. The number of nitrogens with zero attached hydrogens (tertiary/aromatic N) is 1. The zero-order valence-electron chi connectivity index (χ0n) is 16.2. The number of nitrogens with one attached hydrogen (secondary N) is 3. The van der Waals surface area contributed by atoms with Crippen molar-refractivity contribution in [1.82, 2.24) is 15.3 Å². The summed E-state index contributed by atoms with van der Waals surface area (Å²) in [6, 6.07) is 4.58. The number of carbonyl (C=O) groups excluding carboxylic acids is 1. The summed E-state index contributed by atoms with van der Waals surface area (Å²) in [4.78, 5) is 33.0. The molecule has 4 aromatic rings. The van der Waals surface area contributed by atoms with Crippen LogP contribution in [0.4, 0.5) is 22.0 Å². The quantitative estimate of drug-likeness (QED) is 0.439. The molecule has 170 valence electrons. The van der Waals surface area contributed by atoms with Gasteiger partial charge in [0.1, 0.15) is 17.7 Å². The summed E-state index contributed by atoms with van der Waals surface area (Å²) in [6.45, 7) is 0. The number of H-pyrrole nitrogens is 2. The van der Waals surface area contributed by atoms with Gasteiger partial charge in [0, 0.05) is 12.3 Å². The summed E-state index contributed by atoms with van der Waals surface area (Å²) in [7, 11) is 0. The molecule has 0 saturated carbocycles. The van der Waals surface area contributed by atoms with Crippen LogP contribution in [0.3, 0.4) is 0 Å². The first kappa shape index (κ1) is 21.9. The lowest BCUT2D eigenvalue weighted by molar-refractivity contribution is -0.347. The smallest absolute Gasteiger partial charge is 0.403 e. The minimum absolute atomic E-state index is 0.0351. The number of carbonyl (C=O) groups is 1. The molecule has 0 radical (unpaired) electrons. The van der Waals surface area contributed by atoms with Crippen LogP contribution >= 0.6 is 0 Å². The van der Waals surface area contributed by atoms with Gasteiger partial charge >= 0.3 is 17.8 Å². The molecule has 1 atom stereocenters. The van der Waals surface area contributed by atoms with E-state index in [4.69, 9.17) is 4.42 Å². The summed E-state index contributed by atoms with van der Waals surface area (Å²) in [5.74, 6) is -4.89. The van der Waals surface area contributed by atoms with E-state index in [-0.39, 0.29) is 28.1 Å². The third-order valence-corrected chi connectivity index (χ3v) is 4.45. The Morgan fingerprint density at radius 1 is 1.18 bits per heavy atom. The van der Waals surface area contributed by atoms with E-state index in [1.807, 2.05) is 0 Å². The number of amides is 1. The van der Waals surface area contributed by atoms with Gasteiger partial charge in [0.25, 0.3) is 5.91 Å². The van der Waals surface area contributed by atoms with Gasteiger partial charge in [-0.2, -0.15) is 9.78 Å². The number of ether oxygens (including phenoxy) is 1. The molecule has 0 spiro atoms. The molecule has 0 unspecified atom stereocenters. The van der Waals surface area contributed by atoms with Gasteiger partial charge < -0.3 is 14.5 Å². The van der Waals surface area contributed by atoms with Crippen molar-refractivity contribution < 1.29 is 40.9 Å². The maximum Gasteiger partial charge on any atom is 0.573 e. The summed E-state index contributed by atoms with van der Waals surface area (Å²) < 4.78 is 74.5. The number of hydrogen-bond acceptors (Lipinski definition) is 5. The SMILES string of the molecule is O=C(N[C@@H](c1ccc(OC(F)(F)F)c(F)c1)c1ncccc1F)c1c[nH+]c2[nH]c(=O)oc2c1. The number of fused-ring (bicyclic) bond motifs is 1. The van der Waals surface area contributed by atoms with Crippen LogP contribution in [0.2, 0.25) is 0 Å². The highest BCUT2D eigenvalue weighted by Gasteiger charge is 2.33. The minimum atomic E-state index is -5.12. The number of pyridine rings is 2. The normalized spacial score (nSPS) is 12.5. The van der Waals surface area contributed by atoms with Crippen LogP contribution in [0.25, 0.3) is 11.2 Å². The van der Waals surface area contributed by atoms with Gasteiger partial charge in [-0.1, -0.05) is 6.07 Å². The number of alkyl halides is 3. The first-order valence-electron chi connectivity index (χ1n) is 9.12. The lowest BCUT2D eigenvalue weighted by Crippen LogP contribution is -2.31. The van der Waals surface area contributed by atoms with E-state index in [1.165, 1.54) is 24.5 Å². The maximum absolute atomic E-state index is 14.5. The Kier molecular flexibility index (Phi) is 5.54. The third-order valence-electron chi connectivity index (χ3n) is 4.45. The van der Waals surface area contributed by atoms with Crippen LogP contribution in [-0.4, -0.2) is 22.2 Å². The van der Waals surface area contributed by atoms with Crippen molar-refractivity contribution >= 4 is 17.1 Å². The molecular weight excluding hydrogens is 455 g/mol. The molecule has 0 fully saturated rings. The Hall–Kier alpha value is -4.29. The molecule has 13 heteroatoms. The number of benzene rings is 1. The second-order valence-corrected chi connectivity index (χ2v) is 6.66. The Morgan fingerprint density at radius 3 is 2.67 bits per heavy atom. The molecular formula is C20H12F5N4O4+. The van der Waals surface area contributed by atoms with E-state index < -0.39 is 41.5 Å². The third kappa shape index (κ3) is 4.81. The lowest BCUT2D eigenvalue weighted by Gasteiger charge is -2.20. The van der Waals surface area contributed by atoms with Crippen molar-refractivity contribution in [2.45, 2.75) is 12.4 Å². The molecule has 0 saturated heterocycles. The van der Waals surface area contributed by atoms with Crippen molar-refractivity contribution in [3.05, 3.63) is 87.8 Å². The predicted octanol–water partition coefficient (Wildman–Crippen LogP) is 3.03. The van der Waals surface area contributed by atoms with Crippen LogP contribution in [0, 0.1) is 11.6 Å². The van der Waals surface area contributed by atoms with Crippen molar-refractivity contribution in [2.75, 3.05) is 0 Å². The van der Waals surface area contributed by atoms with Gasteiger partial charge in [0.15, 0.2) is 11.6 Å². The molecule has 0 aliphatic heterocycles. The molecule has 0 aliphatic carbocycles. The summed E-state index contributed by atoms with van der Waals surface area (Å²) in [6.07, 6.45) is -2.66. The molecule has 4 rings (SSSR count). The van der Waals surface area contributed by atoms with Gasteiger partial charge in [0.2, 0.25) is 5.58 Å². The summed E-state index contributed by atoms with van der Waals surface area (Å²) >= 11 is 0. The van der Waals surface area contributed by atoms with Crippen LogP contribution in [0.15, 0.2) is 58.0 Å². The molecule has 3 aromatic heterocycles. The van der Waals surface area contributed by atoms with Crippen LogP contribution in [0.5, 0.6) is 5.75 Å². The first-order chi connectivity index (χ1) is 15.6. The molecule has 0 bridgehead atoms. The number of halogens is 5. The second kappa shape index (κ2) is 8.33. The van der Waals surface area contributed by atoms with Crippen LogP contribution in [-0.2, 0) is 0 Å². The van der Waals surface area contributed by atoms with Gasteiger partial charge in [-0.3, -0.25) is 9.78 Å². The fourth-order valence-corrected chi connectivity index (χ4v) is 3.05. The number of aromatic amines is 2. The molecule has 8 nitrogen and oxygen atoms in total. The fraction of sp³-hybridized carbons (Fsp3) is 0.100. The molecule has 1 amide bonds. The molecule has 3 heterocycles. The zero-order valence-corrected chi connectivity index (χ0v) is 16.2. The molecule has 0 aliphatic rings. The van der Waals surface area contributed by atoms with E-state index in [0.29, 0.717) is 12.1 Å². The summed E-state index contributed by atoms with van der Waals surface area (Å²) in [5.41, 5.74) is -0.206. The first-order valence-corrected chi connectivity index (χ1v) is 9.12. The highest BCUT2D eigenvalue weighted by molar-refractivity contribution is 5.95. The van der Waals surface area contributed by atoms with Gasteiger partial charge in [-0.25, -0.2) is 13.8 Å². The van der Waals surface area contributed by atoms with E-state index in [0.717, 1.165) is 12.1 Å².